The van der Waals surface area contributed by atoms with E-state index in [2.05, 4.69) is 20.3 Å². The number of nitrogens with one attached hydrogen (secondary N) is 4. The summed E-state index contributed by atoms with van der Waals surface area (Å²) in [6.45, 7) is 3.06. The zero-order valence-corrected chi connectivity index (χ0v) is 20.5. The molecule has 0 heterocycles. The number of benzene rings is 2. The lowest BCUT2D eigenvalue weighted by Crippen LogP contribution is -2.45. The van der Waals surface area contributed by atoms with Crippen LogP contribution in [0.2, 0.25) is 0 Å². The van der Waals surface area contributed by atoms with Gasteiger partial charge in [-0.1, -0.05) is 6.92 Å². The van der Waals surface area contributed by atoms with Gasteiger partial charge in [0.2, 0.25) is 22.2 Å². The fourth-order valence-electron chi connectivity index (χ4n) is 3.02. The molecule has 13 heteroatoms. The summed E-state index contributed by atoms with van der Waals surface area (Å²) < 4.78 is 46.5. The molecule has 0 radical (unpaired) electrons. The van der Waals surface area contributed by atoms with E-state index in [4.69, 9.17) is 15.2 Å². The summed E-state index contributed by atoms with van der Waals surface area (Å²) >= 11 is 0. The second-order valence-electron chi connectivity index (χ2n) is 7.59. The predicted octanol–water partition coefficient (Wildman–Crippen LogP) is 2.37. The smallest absolute Gasteiger partial charge is 0.261 e. The summed E-state index contributed by atoms with van der Waals surface area (Å²) in [5, 5.41) is 23.7. The third-order valence-electron chi connectivity index (χ3n) is 4.82. The van der Waals surface area contributed by atoms with Crippen LogP contribution < -0.4 is 25.6 Å². The number of sulfonamides is 1. The molecule has 0 spiro atoms. The van der Waals surface area contributed by atoms with Crippen molar-refractivity contribution in [3.05, 3.63) is 54.3 Å². The van der Waals surface area contributed by atoms with Gasteiger partial charge in [-0.3, -0.25) is 10.0 Å². The van der Waals surface area contributed by atoms with Crippen molar-refractivity contribution in [1.82, 2.24) is 20.8 Å². The molecule has 11 nitrogen and oxygen atoms in total. The topological polar surface area (TPSA) is 165 Å². The number of nitriles is 1. The fraction of sp³-hybridized carbons (Fsp3) is 0.348. The van der Waals surface area contributed by atoms with E-state index in [1.165, 1.54) is 54.0 Å². The van der Waals surface area contributed by atoms with Crippen LogP contribution in [0.3, 0.4) is 0 Å². The maximum absolute atomic E-state index is 13.0. The van der Waals surface area contributed by atoms with Crippen molar-refractivity contribution >= 4 is 21.9 Å². The maximum atomic E-state index is 13.0. The van der Waals surface area contributed by atoms with Crippen molar-refractivity contribution < 1.29 is 27.5 Å². The van der Waals surface area contributed by atoms with Crippen molar-refractivity contribution in [1.29, 1.82) is 5.26 Å². The normalized spacial score (nSPS) is 12.3. The maximum Gasteiger partial charge on any atom is 0.261 e. The Hall–Kier alpha value is -3.73. The second-order valence-corrected chi connectivity index (χ2v) is 9.30. The van der Waals surface area contributed by atoms with E-state index in [1.54, 1.807) is 6.19 Å². The lowest BCUT2D eigenvalue weighted by Gasteiger charge is -2.17. The quantitative estimate of drug-likeness (QED) is 0.0671. The molecule has 0 saturated heterocycles. The molecule has 0 unspecified atom stereocenters. The molecule has 0 aliphatic carbocycles. The van der Waals surface area contributed by atoms with Gasteiger partial charge >= 0.3 is 0 Å². The third-order valence-corrected chi connectivity index (χ3v) is 6.31. The molecular formula is C23H29FN6O5S. The fourth-order valence-corrected chi connectivity index (χ4v) is 4.25. The monoisotopic (exact) mass is 520 g/mol. The number of hydroxylamine groups is 1. The number of carbonyl (C=O) groups excluding carboxylic acids is 1. The van der Waals surface area contributed by atoms with Gasteiger partial charge in [0.25, 0.3) is 5.91 Å². The molecule has 0 bridgehead atoms. The van der Waals surface area contributed by atoms with Gasteiger partial charge in [-0.2, -0.15) is 9.98 Å². The summed E-state index contributed by atoms with van der Waals surface area (Å²) in [4.78, 5) is 15.6. The summed E-state index contributed by atoms with van der Waals surface area (Å²) in [6.07, 6.45) is 3.66. The molecule has 2 rings (SSSR count). The van der Waals surface area contributed by atoms with Gasteiger partial charge in [-0.15, -0.1) is 4.99 Å². The number of hydrogen-bond donors (Lipinski definition) is 5. The van der Waals surface area contributed by atoms with Crippen molar-refractivity contribution in [2.45, 2.75) is 43.5 Å². The molecule has 0 aliphatic heterocycles. The first-order chi connectivity index (χ1) is 17.3. The molecule has 2 aromatic rings. The number of amides is 1. The summed E-state index contributed by atoms with van der Waals surface area (Å²) in [5.41, 5.74) is 1.49. The molecule has 1 amide bonds. The number of ether oxygens (including phenoxy) is 1. The van der Waals surface area contributed by atoms with Crippen molar-refractivity contribution in [3.8, 4) is 17.7 Å². The predicted molar refractivity (Wildman–Crippen MR) is 130 cm³/mol. The van der Waals surface area contributed by atoms with Crippen LogP contribution in [0.1, 0.15) is 32.6 Å². The molecule has 0 aliphatic rings. The minimum Gasteiger partial charge on any atom is -0.457 e. The van der Waals surface area contributed by atoms with Crippen LogP contribution in [-0.4, -0.2) is 44.6 Å². The molecule has 194 valence electrons. The highest BCUT2D eigenvalue weighted by Gasteiger charge is 2.25. The van der Waals surface area contributed by atoms with E-state index in [9.17, 15) is 17.6 Å². The van der Waals surface area contributed by atoms with Crippen LogP contribution in [0.25, 0.3) is 0 Å². The van der Waals surface area contributed by atoms with Gasteiger partial charge in [0, 0.05) is 13.1 Å². The molecule has 36 heavy (non-hydrogen) atoms. The number of guanidine groups is 1. The second kappa shape index (κ2) is 14.6. The van der Waals surface area contributed by atoms with Crippen LogP contribution in [0.5, 0.6) is 11.5 Å². The van der Waals surface area contributed by atoms with Crippen LogP contribution in [0, 0.1) is 17.3 Å². The number of halogens is 1. The Kier molecular flexibility index (Phi) is 11.6. The van der Waals surface area contributed by atoms with Crippen LogP contribution in [-0.2, 0) is 14.8 Å². The highest BCUT2D eigenvalue weighted by molar-refractivity contribution is 7.89. The van der Waals surface area contributed by atoms with Gasteiger partial charge in [0.05, 0.1) is 4.90 Å². The Morgan fingerprint density at radius 3 is 2.28 bits per heavy atom. The number of hydrogen-bond acceptors (Lipinski definition) is 7. The molecular weight excluding hydrogens is 491 g/mol. The largest absolute Gasteiger partial charge is 0.457 e. The Bertz CT molecular complexity index is 1150. The summed E-state index contributed by atoms with van der Waals surface area (Å²) in [5.74, 6) is -0.234. The third kappa shape index (κ3) is 9.49. The van der Waals surface area contributed by atoms with Crippen molar-refractivity contribution in [3.63, 3.8) is 0 Å². The molecule has 0 saturated carbocycles. The highest BCUT2D eigenvalue weighted by atomic mass is 32.2. The molecule has 1 atom stereocenters. The van der Waals surface area contributed by atoms with Gasteiger partial charge in [0.15, 0.2) is 0 Å². The number of rotatable bonds is 13. The SMILES string of the molecule is CCCN/C(=N\C#N)NCCCC[C@@H](NS(=O)(=O)c1ccc(Oc2ccc(F)cc2)cc1)C(=O)NO. The van der Waals surface area contributed by atoms with Crippen molar-refractivity contribution in [2.24, 2.45) is 4.99 Å². The Labute approximate surface area is 209 Å². The van der Waals surface area contributed by atoms with Gasteiger partial charge in [0.1, 0.15) is 23.4 Å². The average molecular weight is 521 g/mol. The standard InChI is InChI=1S/C23H29FN6O5S/c1-2-14-26-23(28-16-25)27-15-4-3-5-21(22(31)29-32)30-36(33,34)20-12-10-19(11-13-20)35-18-8-6-17(24)7-9-18/h6-13,21,30,32H,2-5,14-15H2,1H3,(H,29,31)(H2,26,27,28)/t21-/m1/s1. The van der Waals surface area contributed by atoms with Gasteiger partial charge in [-0.05, 0) is 74.2 Å². The molecule has 2 aromatic carbocycles. The first-order valence-corrected chi connectivity index (χ1v) is 12.7. The minimum absolute atomic E-state index is 0.106. The van der Waals surface area contributed by atoms with E-state index in [0.717, 1.165) is 6.42 Å². The Balaban J connectivity index is 1.93. The van der Waals surface area contributed by atoms with Gasteiger partial charge < -0.3 is 15.4 Å². The average Bonchev–Trinajstić information content (AvgIpc) is 2.87. The molecule has 0 aromatic heterocycles. The van der Waals surface area contributed by atoms with E-state index < -0.39 is 27.8 Å². The van der Waals surface area contributed by atoms with Gasteiger partial charge in [-0.25, -0.2) is 18.3 Å². The van der Waals surface area contributed by atoms with E-state index in [-0.39, 0.29) is 11.3 Å². The van der Waals surface area contributed by atoms with E-state index in [1.807, 2.05) is 6.92 Å². The van der Waals surface area contributed by atoms with E-state index >= 15 is 0 Å². The molecule has 5 N–H and O–H groups in total. The zero-order valence-electron chi connectivity index (χ0n) is 19.7. The Morgan fingerprint density at radius 1 is 1.08 bits per heavy atom. The first kappa shape index (κ1) is 28.5. The molecule has 0 fully saturated rings. The lowest BCUT2D eigenvalue weighted by molar-refractivity contribution is -0.131. The van der Waals surface area contributed by atoms with Crippen LogP contribution >= 0.6 is 0 Å². The number of unbranched alkanes of at least 4 members (excludes halogenated alkanes) is 1. The first-order valence-electron chi connectivity index (χ1n) is 11.2. The zero-order chi connectivity index (χ0) is 26.4. The number of carbonyl (C=O) groups is 1. The summed E-state index contributed by atoms with van der Waals surface area (Å²) in [6, 6.07) is 9.61. The van der Waals surface area contributed by atoms with Crippen LogP contribution in [0.15, 0.2) is 58.4 Å². The highest BCUT2D eigenvalue weighted by Crippen LogP contribution is 2.23. The lowest BCUT2D eigenvalue weighted by atomic mass is 10.1. The van der Waals surface area contributed by atoms with Crippen molar-refractivity contribution in [2.75, 3.05) is 13.1 Å². The summed E-state index contributed by atoms with van der Waals surface area (Å²) in [7, 11) is -4.09. The minimum atomic E-state index is -4.09. The Morgan fingerprint density at radius 2 is 1.69 bits per heavy atom. The van der Waals surface area contributed by atoms with E-state index in [0.29, 0.717) is 43.4 Å². The number of aliphatic imine (C=N–C) groups is 1. The van der Waals surface area contributed by atoms with Crippen LogP contribution in [0.4, 0.5) is 4.39 Å². The number of nitrogens with zero attached hydrogens (tertiary/aromatic N) is 2.